The third kappa shape index (κ3) is 5.96. The van der Waals surface area contributed by atoms with Crippen LogP contribution in [-0.4, -0.2) is 9.55 Å². The number of hydrogen-bond acceptors (Lipinski definition) is 5. The van der Waals surface area contributed by atoms with Crippen molar-refractivity contribution >= 4 is 13.6 Å². The van der Waals surface area contributed by atoms with Gasteiger partial charge < -0.3 is 13.9 Å². The largest absolute Gasteiger partial charge is 0.613 e. The number of H-pyrrole nitrogens is 1. The Kier molecular flexibility index (Phi) is 7.72. The van der Waals surface area contributed by atoms with Crippen molar-refractivity contribution in [2.24, 2.45) is 0 Å². The van der Waals surface area contributed by atoms with Crippen molar-refractivity contribution < 1.29 is 13.9 Å². The fourth-order valence-electron chi connectivity index (χ4n) is 5.11. The summed E-state index contributed by atoms with van der Waals surface area (Å²) in [6, 6.07) is 8.32. The van der Waals surface area contributed by atoms with Crippen LogP contribution >= 0.6 is 7.94 Å². The quantitative estimate of drug-likeness (QED) is 0.369. The first kappa shape index (κ1) is 29.8. The predicted molar refractivity (Wildman–Crippen MR) is 161 cm³/mol. The summed E-state index contributed by atoms with van der Waals surface area (Å²) < 4.78 is 14.3. The molecule has 2 heterocycles. The number of nitrogens with one attached hydrogen (secondary N) is 1. The number of benzene rings is 2. The smallest absolute Gasteiger partial charge is 0.360 e. The van der Waals surface area contributed by atoms with Crippen molar-refractivity contribution in [3.8, 4) is 11.5 Å². The molecule has 1 aromatic heterocycles. The molecule has 3 aromatic rings. The van der Waals surface area contributed by atoms with Crippen LogP contribution in [0.2, 0.25) is 0 Å². The third-order valence-corrected chi connectivity index (χ3v) is 8.64. The highest BCUT2D eigenvalue weighted by molar-refractivity contribution is 7.63. The molecule has 40 heavy (non-hydrogen) atoms. The molecule has 7 nitrogen and oxygen atoms in total. The fraction of sp³-hybridized carbons (Fsp3) is 0.438. The minimum Gasteiger partial charge on any atom is -0.613 e. The maximum atomic E-state index is 15.0. The SMILES string of the molecule is CC/C(=C\[P+]1([O-])Oc2c(cc(C)cc2C(C)(C)C)Cc2cc(C)cc(C(C)(C)C)c2O1)n1cc(C)c(=O)[nH]c1=O. The van der Waals surface area contributed by atoms with Gasteiger partial charge in [-0.1, -0.05) is 83.9 Å². The third-order valence-electron chi connectivity index (χ3n) is 7.15. The lowest BCUT2D eigenvalue weighted by Crippen LogP contribution is -2.31. The molecule has 0 saturated heterocycles. The summed E-state index contributed by atoms with van der Waals surface area (Å²) >= 11 is 0. The zero-order valence-corrected chi connectivity index (χ0v) is 26.2. The molecule has 0 amide bonds. The lowest BCUT2D eigenvalue weighted by molar-refractivity contribution is -0.198. The van der Waals surface area contributed by atoms with Crippen LogP contribution < -0.4 is 25.2 Å². The molecule has 1 aliphatic heterocycles. The molecule has 0 fully saturated rings. The first-order valence-electron chi connectivity index (χ1n) is 13.7. The first-order chi connectivity index (χ1) is 18.4. The topological polar surface area (TPSA) is 96.4 Å². The van der Waals surface area contributed by atoms with E-state index in [4.69, 9.17) is 9.05 Å². The summed E-state index contributed by atoms with van der Waals surface area (Å²) in [5.74, 6) is 2.52. The van der Waals surface area contributed by atoms with E-state index in [1.54, 1.807) is 6.92 Å². The summed E-state index contributed by atoms with van der Waals surface area (Å²) in [4.78, 5) is 42.1. The highest BCUT2D eigenvalue weighted by Crippen LogP contribution is 2.60. The Morgan fingerprint density at radius 1 is 0.925 bits per heavy atom. The predicted octanol–water partition coefficient (Wildman–Crippen LogP) is 6.45. The molecule has 8 heteroatoms. The highest BCUT2D eigenvalue weighted by Gasteiger charge is 2.41. The fourth-order valence-corrected chi connectivity index (χ4v) is 6.86. The number of aromatic amines is 1. The van der Waals surface area contributed by atoms with Crippen LogP contribution in [0.15, 0.2) is 45.9 Å². The van der Waals surface area contributed by atoms with E-state index in [0.717, 1.165) is 33.4 Å². The molecule has 0 aliphatic carbocycles. The summed E-state index contributed by atoms with van der Waals surface area (Å²) in [6.07, 6.45) is 2.37. The van der Waals surface area contributed by atoms with Gasteiger partial charge in [-0.2, -0.15) is 0 Å². The molecule has 0 spiro atoms. The monoisotopic (exact) mass is 564 g/mol. The van der Waals surface area contributed by atoms with Crippen molar-refractivity contribution in [1.29, 1.82) is 0 Å². The number of nitrogens with zero attached hydrogens (tertiary/aromatic N) is 1. The Balaban J connectivity index is 2.07. The molecule has 1 aliphatic rings. The van der Waals surface area contributed by atoms with Gasteiger partial charge in [-0.25, -0.2) is 4.79 Å². The zero-order valence-electron chi connectivity index (χ0n) is 25.3. The van der Waals surface area contributed by atoms with Crippen LogP contribution in [0.1, 0.15) is 93.8 Å². The summed E-state index contributed by atoms with van der Waals surface area (Å²) in [7, 11) is -4.07. The second-order valence-electron chi connectivity index (χ2n) is 12.9. The van der Waals surface area contributed by atoms with Gasteiger partial charge in [0.15, 0.2) is 17.3 Å². The maximum Gasteiger partial charge on any atom is 0.360 e. The van der Waals surface area contributed by atoms with Gasteiger partial charge in [0.2, 0.25) is 0 Å². The molecule has 214 valence electrons. The van der Waals surface area contributed by atoms with Gasteiger partial charge in [-0.05, 0) is 38.0 Å². The molecule has 0 saturated carbocycles. The minimum absolute atomic E-state index is 0.295. The van der Waals surface area contributed by atoms with Crippen molar-refractivity contribution in [1.82, 2.24) is 9.55 Å². The van der Waals surface area contributed by atoms with Gasteiger partial charge >= 0.3 is 13.6 Å². The van der Waals surface area contributed by atoms with Gasteiger partial charge in [0.05, 0.1) is 5.70 Å². The number of aromatic nitrogens is 2. The Labute approximate surface area is 237 Å². The normalized spacial score (nSPS) is 15.3. The number of fused-ring (bicyclic) bond motifs is 2. The van der Waals surface area contributed by atoms with Crippen molar-refractivity contribution in [3.63, 3.8) is 0 Å². The van der Waals surface area contributed by atoms with Crippen LogP contribution in [0.5, 0.6) is 11.5 Å². The zero-order chi connectivity index (χ0) is 29.8. The number of rotatable bonds is 3. The standard InChI is InChI=1S/C32H41N2O5P/c1-11-24(34-17-21(4)29(35)33-30(34)36)18-40(37)38-27-22(12-19(2)14-25(27)31(5,6)7)16-23-13-20(3)15-26(28(23)39-40)32(8,9)10/h12-15,17-18H,11,16H2,1-10H3,(H,33,35,36)/b24-18+. The summed E-state index contributed by atoms with van der Waals surface area (Å²) in [5.41, 5.74) is 5.03. The van der Waals surface area contributed by atoms with Crippen molar-refractivity contribution in [2.45, 2.75) is 92.9 Å². The molecule has 0 bridgehead atoms. The van der Waals surface area contributed by atoms with Crippen molar-refractivity contribution in [2.75, 3.05) is 0 Å². The van der Waals surface area contributed by atoms with Gasteiger partial charge in [0, 0.05) is 40.4 Å². The van der Waals surface area contributed by atoms with Crippen LogP contribution in [0.3, 0.4) is 0 Å². The first-order valence-corrected chi connectivity index (χ1v) is 15.3. The minimum atomic E-state index is -4.07. The Morgan fingerprint density at radius 2 is 1.40 bits per heavy atom. The van der Waals surface area contributed by atoms with Crippen LogP contribution in [0.25, 0.3) is 5.70 Å². The van der Waals surface area contributed by atoms with E-state index in [-0.39, 0.29) is 10.8 Å². The molecule has 0 atom stereocenters. The van der Waals surface area contributed by atoms with E-state index >= 15 is 0 Å². The van der Waals surface area contributed by atoms with E-state index in [2.05, 4.69) is 84.6 Å². The lowest BCUT2D eigenvalue weighted by atomic mass is 9.81. The second kappa shape index (κ2) is 10.4. The lowest BCUT2D eigenvalue weighted by Gasteiger charge is -2.34. The van der Waals surface area contributed by atoms with E-state index in [1.807, 2.05) is 6.92 Å². The Hall–Kier alpha value is -3.15. The molecule has 0 unspecified atom stereocenters. The molecule has 2 aromatic carbocycles. The maximum absolute atomic E-state index is 15.0. The van der Waals surface area contributed by atoms with E-state index < -0.39 is 19.2 Å². The van der Waals surface area contributed by atoms with Crippen molar-refractivity contribution in [3.05, 3.63) is 96.1 Å². The van der Waals surface area contributed by atoms with Gasteiger partial charge in [-0.3, -0.25) is 14.3 Å². The Bertz CT molecular complexity index is 1540. The molecule has 4 rings (SSSR count). The molecule has 1 N–H and O–H groups in total. The average molecular weight is 565 g/mol. The number of allylic oxidation sites excluding steroid dienone is 1. The van der Waals surface area contributed by atoms with Gasteiger partial charge in [0.25, 0.3) is 5.56 Å². The van der Waals surface area contributed by atoms with Crippen LogP contribution in [-0.2, 0) is 17.3 Å². The van der Waals surface area contributed by atoms with E-state index in [1.165, 1.54) is 16.6 Å². The van der Waals surface area contributed by atoms with Crippen LogP contribution in [0.4, 0.5) is 0 Å². The van der Waals surface area contributed by atoms with E-state index in [0.29, 0.717) is 35.6 Å². The Morgan fingerprint density at radius 3 is 1.82 bits per heavy atom. The van der Waals surface area contributed by atoms with E-state index in [9.17, 15) is 14.5 Å². The number of aryl methyl sites for hydroxylation is 3. The average Bonchev–Trinajstić information content (AvgIpc) is 2.81. The summed E-state index contributed by atoms with van der Waals surface area (Å²) in [5, 5.41) is 0. The van der Waals surface area contributed by atoms with Crippen LogP contribution in [0, 0.1) is 20.8 Å². The van der Waals surface area contributed by atoms with Gasteiger partial charge in [-0.15, -0.1) is 0 Å². The second-order valence-corrected chi connectivity index (χ2v) is 14.6. The molecular formula is C32H41N2O5P. The van der Waals surface area contributed by atoms with Gasteiger partial charge in [0.1, 0.15) is 0 Å². The number of hydrogen-bond donors (Lipinski definition) is 1. The summed E-state index contributed by atoms with van der Waals surface area (Å²) in [6.45, 7) is 20.2. The highest BCUT2D eigenvalue weighted by atomic mass is 31.2. The molecule has 0 radical (unpaired) electrons. The molecular weight excluding hydrogens is 523 g/mol.